The number of hydrogen-bond donors (Lipinski definition) is 1. The van der Waals surface area contributed by atoms with Gasteiger partial charge < -0.3 is 5.32 Å². The van der Waals surface area contributed by atoms with Crippen LogP contribution in [0.2, 0.25) is 10.0 Å². The van der Waals surface area contributed by atoms with Crippen molar-refractivity contribution in [3.05, 3.63) is 33.8 Å². The van der Waals surface area contributed by atoms with Crippen molar-refractivity contribution in [2.75, 3.05) is 6.54 Å². The third-order valence-electron chi connectivity index (χ3n) is 3.46. The Morgan fingerprint density at radius 1 is 1.00 bits per heavy atom. The Balaban J connectivity index is 2.55. The van der Waals surface area contributed by atoms with E-state index >= 15 is 0 Å². The summed E-state index contributed by atoms with van der Waals surface area (Å²) in [6, 6.07) is 5.64. The molecule has 0 saturated heterocycles. The molecule has 3 heteroatoms. The molecule has 0 bridgehead atoms. The number of halogens is 2. The topological polar surface area (TPSA) is 12.0 Å². The van der Waals surface area contributed by atoms with Gasteiger partial charge in [0.25, 0.3) is 0 Å². The van der Waals surface area contributed by atoms with Crippen molar-refractivity contribution in [1.82, 2.24) is 5.32 Å². The lowest BCUT2D eigenvalue weighted by Crippen LogP contribution is -2.29. The number of rotatable bonds is 6. The molecule has 0 aromatic heterocycles. The van der Waals surface area contributed by atoms with Crippen LogP contribution in [0.1, 0.15) is 33.3 Å². The van der Waals surface area contributed by atoms with Crippen molar-refractivity contribution in [2.24, 2.45) is 17.8 Å². The van der Waals surface area contributed by atoms with Crippen LogP contribution in [0.4, 0.5) is 0 Å². The van der Waals surface area contributed by atoms with Crippen LogP contribution in [0, 0.1) is 17.8 Å². The van der Waals surface area contributed by atoms with E-state index in [4.69, 9.17) is 23.2 Å². The molecule has 0 aliphatic heterocycles. The Morgan fingerprint density at radius 3 is 1.94 bits per heavy atom. The Hall–Kier alpha value is -0.240. The molecule has 0 amide bonds. The summed E-state index contributed by atoms with van der Waals surface area (Å²) in [4.78, 5) is 0. The predicted molar refractivity (Wildman–Crippen MR) is 81.3 cm³/mol. The number of nitrogens with one attached hydrogen (secondary N) is 1. The highest BCUT2D eigenvalue weighted by Crippen LogP contribution is 2.24. The Bertz CT molecular complexity index is 347. The maximum atomic E-state index is 6.15. The predicted octanol–water partition coefficient (Wildman–Crippen LogP) is 5.01. The van der Waals surface area contributed by atoms with Crippen LogP contribution >= 0.6 is 23.2 Å². The van der Waals surface area contributed by atoms with E-state index in [1.54, 1.807) is 0 Å². The van der Waals surface area contributed by atoms with Crippen molar-refractivity contribution in [2.45, 2.75) is 34.2 Å². The van der Waals surface area contributed by atoms with E-state index in [2.05, 4.69) is 33.0 Å². The second-order valence-corrected chi connectivity index (χ2v) is 6.30. The molecule has 1 rings (SSSR count). The van der Waals surface area contributed by atoms with Gasteiger partial charge in [0.05, 0.1) is 0 Å². The molecule has 0 aliphatic carbocycles. The summed E-state index contributed by atoms with van der Waals surface area (Å²) in [5.41, 5.74) is 0.993. The first-order valence-electron chi connectivity index (χ1n) is 6.57. The highest BCUT2D eigenvalue weighted by Gasteiger charge is 2.17. The number of hydrogen-bond acceptors (Lipinski definition) is 1. The highest BCUT2D eigenvalue weighted by molar-refractivity contribution is 6.35. The van der Waals surface area contributed by atoms with Gasteiger partial charge in [0.1, 0.15) is 0 Å². The molecule has 1 aromatic rings. The van der Waals surface area contributed by atoms with E-state index in [-0.39, 0.29) is 0 Å². The first-order valence-corrected chi connectivity index (χ1v) is 7.32. The molecule has 1 nitrogen and oxygen atoms in total. The molecule has 1 N–H and O–H groups in total. The van der Waals surface area contributed by atoms with Gasteiger partial charge in [-0.25, -0.2) is 0 Å². The molecule has 0 spiro atoms. The van der Waals surface area contributed by atoms with Crippen molar-refractivity contribution in [3.63, 3.8) is 0 Å². The van der Waals surface area contributed by atoms with Crippen molar-refractivity contribution >= 4 is 23.2 Å². The van der Waals surface area contributed by atoms with Crippen LogP contribution in [-0.2, 0) is 6.54 Å². The van der Waals surface area contributed by atoms with Gasteiger partial charge in [-0.3, -0.25) is 0 Å². The van der Waals surface area contributed by atoms with Crippen LogP contribution in [0.15, 0.2) is 18.2 Å². The monoisotopic (exact) mass is 287 g/mol. The van der Waals surface area contributed by atoms with Crippen LogP contribution in [0.3, 0.4) is 0 Å². The summed E-state index contributed by atoms with van der Waals surface area (Å²) < 4.78 is 0. The van der Waals surface area contributed by atoms with E-state index < -0.39 is 0 Å². The zero-order valence-electron chi connectivity index (χ0n) is 11.6. The summed E-state index contributed by atoms with van der Waals surface area (Å²) in [6.45, 7) is 10.8. The minimum atomic E-state index is 0.672. The summed E-state index contributed by atoms with van der Waals surface area (Å²) in [5.74, 6) is 2.03. The van der Waals surface area contributed by atoms with Gasteiger partial charge in [0.2, 0.25) is 0 Å². The summed E-state index contributed by atoms with van der Waals surface area (Å²) in [7, 11) is 0. The van der Waals surface area contributed by atoms with E-state index in [1.165, 1.54) is 0 Å². The summed E-state index contributed by atoms with van der Waals surface area (Å²) >= 11 is 12.3. The van der Waals surface area contributed by atoms with Gasteiger partial charge in [-0.2, -0.15) is 0 Å². The second kappa shape index (κ2) is 7.37. The molecule has 0 unspecified atom stereocenters. The molecule has 0 heterocycles. The van der Waals surface area contributed by atoms with E-state index in [0.717, 1.165) is 28.7 Å². The molecule has 0 atom stereocenters. The Morgan fingerprint density at radius 2 is 1.50 bits per heavy atom. The summed E-state index contributed by atoms with van der Waals surface area (Å²) in [6.07, 6.45) is 0. The first-order chi connectivity index (χ1) is 8.43. The smallest absolute Gasteiger partial charge is 0.0465 e. The highest BCUT2D eigenvalue weighted by atomic mass is 35.5. The third kappa shape index (κ3) is 4.46. The molecular weight excluding hydrogens is 265 g/mol. The molecular formula is C15H23Cl2N. The van der Waals surface area contributed by atoms with Crippen LogP contribution in [-0.4, -0.2) is 6.54 Å². The third-order valence-corrected chi connectivity index (χ3v) is 4.16. The fourth-order valence-electron chi connectivity index (χ4n) is 2.31. The number of benzene rings is 1. The zero-order chi connectivity index (χ0) is 13.7. The molecule has 0 radical (unpaired) electrons. The molecule has 18 heavy (non-hydrogen) atoms. The normalized spacial score (nSPS) is 11.8. The van der Waals surface area contributed by atoms with Crippen LogP contribution in [0.25, 0.3) is 0 Å². The zero-order valence-corrected chi connectivity index (χ0v) is 13.1. The van der Waals surface area contributed by atoms with Crippen LogP contribution in [0.5, 0.6) is 0 Å². The second-order valence-electron chi connectivity index (χ2n) is 5.48. The van der Waals surface area contributed by atoms with Gasteiger partial charge in [0.15, 0.2) is 0 Å². The van der Waals surface area contributed by atoms with E-state index in [0.29, 0.717) is 17.8 Å². The van der Waals surface area contributed by atoms with E-state index in [1.807, 2.05) is 18.2 Å². The van der Waals surface area contributed by atoms with Gasteiger partial charge >= 0.3 is 0 Å². The molecule has 0 aliphatic rings. The maximum Gasteiger partial charge on any atom is 0.0465 e. The van der Waals surface area contributed by atoms with Crippen molar-refractivity contribution in [1.29, 1.82) is 0 Å². The van der Waals surface area contributed by atoms with Gasteiger partial charge in [-0.15, -0.1) is 0 Å². The Kier molecular flexibility index (Phi) is 6.48. The van der Waals surface area contributed by atoms with Gasteiger partial charge in [-0.05, 0) is 36.4 Å². The molecule has 1 aromatic carbocycles. The maximum absolute atomic E-state index is 6.15. The molecule has 0 saturated carbocycles. The molecule has 0 fully saturated rings. The fraction of sp³-hybridized carbons (Fsp3) is 0.600. The standard InChI is InChI=1S/C15H23Cl2N/c1-10(2)12(11(3)4)8-18-9-13-14(16)6-5-7-15(13)17/h5-7,10-12,18H,8-9H2,1-4H3. The average Bonchev–Trinajstić information content (AvgIpc) is 2.26. The van der Waals surface area contributed by atoms with E-state index in [9.17, 15) is 0 Å². The minimum absolute atomic E-state index is 0.672. The van der Waals surface area contributed by atoms with Gasteiger partial charge in [0, 0.05) is 22.2 Å². The lowest BCUT2D eigenvalue weighted by atomic mass is 9.85. The minimum Gasteiger partial charge on any atom is -0.312 e. The fourth-order valence-corrected chi connectivity index (χ4v) is 2.84. The average molecular weight is 288 g/mol. The van der Waals surface area contributed by atoms with Crippen molar-refractivity contribution in [3.8, 4) is 0 Å². The largest absolute Gasteiger partial charge is 0.312 e. The van der Waals surface area contributed by atoms with Crippen LogP contribution < -0.4 is 5.32 Å². The lowest BCUT2D eigenvalue weighted by Gasteiger charge is -2.25. The molecule has 102 valence electrons. The van der Waals surface area contributed by atoms with Crippen molar-refractivity contribution < 1.29 is 0 Å². The summed E-state index contributed by atoms with van der Waals surface area (Å²) in [5, 5.41) is 4.95. The van der Waals surface area contributed by atoms with Gasteiger partial charge in [-0.1, -0.05) is 57.0 Å². The quantitative estimate of drug-likeness (QED) is 0.775. The lowest BCUT2D eigenvalue weighted by molar-refractivity contribution is 0.275. The first kappa shape index (κ1) is 15.8. The SMILES string of the molecule is CC(C)C(CNCc1c(Cl)cccc1Cl)C(C)C. The Labute approximate surface area is 121 Å².